The molecule has 0 spiro atoms. The molecular weight excluding hydrogens is 473 g/mol. The van der Waals surface area contributed by atoms with E-state index >= 15 is 0 Å². The monoisotopic (exact) mass is 495 g/mol. The average molecular weight is 495 g/mol. The van der Waals surface area contributed by atoms with Gasteiger partial charge in [-0.15, -0.1) is 0 Å². The van der Waals surface area contributed by atoms with Crippen molar-refractivity contribution in [2.45, 2.75) is 13.1 Å². The fraction of sp³-hybridized carbons (Fsp3) is 0.125. The highest BCUT2D eigenvalue weighted by molar-refractivity contribution is 14.1. The van der Waals surface area contributed by atoms with Crippen molar-refractivity contribution >= 4 is 39.7 Å². The van der Waals surface area contributed by atoms with Gasteiger partial charge in [-0.1, -0.05) is 48.5 Å². The van der Waals surface area contributed by atoms with Crippen LogP contribution in [-0.2, 0) is 13.1 Å². The number of hydrazone groups is 1. The summed E-state index contributed by atoms with van der Waals surface area (Å²) in [4.78, 5) is 0. The average Bonchev–Trinajstić information content (AvgIpc) is 3.10. The van der Waals surface area contributed by atoms with E-state index in [1.807, 2.05) is 30.5 Å². The Labute approximate surface area is 184 Å². The molecule has 0 amide bonds. The highest BCUT2D eigenvalue weighted by Crippen LogP contribution is 2.22. The van der Waals surface area contributed by atoms with Crippen molar-refractivity contribution in [3.8, 4) is 5.75 Å². The first-order valence-corrected chi connectivity index (χ1v) is 10.5. The summed E-state index contributed by atoms with van der Waals surface area (Å²) in [5.74, 6) is 0.865. The van der Waals surface area contributed by atoms with Gasteiger partial charge in [0.05, 0.1) is 19.9 Å². The maximum absolute atomic E-state index is 5.39. The standard InChI is InChI=1S/C24H22IN3O/c1-29-24-9-5-2-6-19(24)14-26-27-15-20-17-28(23-8-4-3-7-22(20)23)16-18-10-12-21(25)13-11-18/h2-13,15,17,26H,14,16H2,1H3/b27-15-. The van der Waals surface area contributed by atoms with Gasteiger partial charge in [-0.2, -0.15) is 5.10 Å². The molecule has 3 aromatic carbocycles. The predicted octanol–water partition coefficient (Wildman–Crippen LogP) is 5.43. The number of rotatable bonds is 7. The van der Waals surface area contributed by atoms with E-state index in [0.29, 0.717) is 6.54 Å². The molecule has 4 nitrogen and oxygen atoms in total. The van der Waals surface area contributed by atoms with Crippen molar-refractivity contribution in [3.63, 3.8) is 0 Å². The van der Waals surface area contributed by atoms with E-state index in [1.54, 1.807) is 7.11 Å². The number of fused-ring (bicyclic) bond motifs is 1. The van der Waals surface area contributed by atoms with Crippen LogP contribution < -0.4 is 10.2 Å². The van der Waals surface area contributed by atoms with E-state index in [9.17, 15) is 0 Å². The van der Waals surface area contributed by atoms with E-state index in [2.05, 4.69) is 92.4 Å². The number of benzene rings is 3. The first-order chi connectivity index (χ1) is 14.2. The van der Waals surface area contributed by atoms with Crippen LogP contribution in [0.25, 0.3) is 10.9 Å². The van der Waals surface area contributed by atoms with Gasteiger partial charge in [-0.3, -0.25) is 0 Å². The number of hydrogen-bond donors (Lipinski definition) is 1. The maximum Gasteiger partial charge on any atom is 0.123 e. The zero-order valence-corrected chi connectivity index (χ0v) is 18.3. The van der Waals surface area contributed by atoms with Gasteiger partial charge in [0, 0.05) is 38.3 Å². The molecule has 29 heavy (non-hydrogen) atoms. The molecule has 0 saturated heterocycles. The lowest BCUT2D eigenvalue weighted by atomic mass is 10.2. The van der Waals surface area contributed by atoms with Crippen molar-refractivity contribution in [2.75, 3.05) is 7.11 Å². The van der Waals surface area contributed by atoms with E-state index < -0.39 is 0 Å². The number of para-hydroxylation sites is 2. The minimum absolute atomic E-state index is 0.613. The molecule has 0 aliphatic rings. The van der Waals surface area contributed by atoms with Crippen molar-refractivity contribution in [1.82, 2.24) is 9.99 Å². The summed E-state index contributed by atoms with van der Waals surface area (Å²) in [7, 11) is 1.69. The van der Waals surface area contributed by atoms with Gasteiger partial charge in [-0.25, -0.2) is 0 Å². The molecule has 0 saturated carbocycles. The summed E-state index contributed by atoms with van der Waals surface area (Å²) in [6.07, 6.45) is 4.05. The van der Waals surface area contributed by atoms with Gasteiger partial charge in [0.25, 0.3) is 0 Å². The van der Waals surface area contributed by atoms with Crippen molar-refractivity contribution in [1.29, 1.82) is 0 Å². The summed E-state index contributed by atoms with van der Waals surface area (Å²) in [6, 6.07) is 25.0. The van der Waals surface area contributed by atoms with Gasteiger partial charge >= 0.3 is 0 Å². The minimum atomic E-state index is 0.613. The summed E-state index contributed by atoms with van der Waals surface area (Å²) < 4.78 is 8.91. The van der Waals surface area contributed by atoms with Gasteiger partial charge in [0.15, 0.2) is 0 Å². The van der Waals surface area contributed by atoms with Crippen molar-refractivity contribution < 1.29 is 4.74 Å². The highest BCUT2D eigenvalue weighted by Gasteiger charge is 2.07. The Balaban J connectivity index is 1.53. The van der Waals surface area contributed by atoms with Crippen molar-refractivity contribution in [2.24, 2.45) is 5.10 Å². The fourth-order valence-corrected chi connectivity index (χ4v) is 3.75. The molecule has 1 N–H and O–H groups in total. The number of hydrogen-bond acceptors (Lipinski definition) is 3. The highest BCUT2D eigenvalue weighted by atomic mass is 127. The lowest BCUT2D eigenvalue weighted by Gasteiger charge is -2.07. The number of methoxy groups -OCH3 is 1. The van der Waals surface area contributed by atoms with Gasteiger partial charge < -0.3 is 14.7 Å². The third kappa shape index (κ3) is 4.62. The Morgan fingerprint density at radius 2 is 1.76 bits per heavy atom. The van der Waals surface area contributed by atoms with Crippen LogP contribution in [0.5, 0.6) is 5.75 Å². The second kappa shape index (κ2) is 9.13. The molecule has 5 heteroatoms. The molecule has 4 rings (SSSR count). The van der Waals surface area contributed by atoms with Gasteiger partial charge in [-0.05, 0) is 52.4 Å². The van der Waals surface area contributed by atoms with E-state index in [1.165, 1.54) is 20.0 Å². The second-order valence-electron chi connectivity index (χ2n) is 6.76. The molecule has 0 unspecified atom stereocenters. The number of aromatic nitrogens is 1. The number of halogens is 1. The Morgan fingerprint density at radius 3 is 2.59 bits per heavy atom. The molecule has 0 atom stereocenters. The van der Waals surface area contributed by atoms with Crippen LogP contribution in [-0.4, -0.2) is 17.9 Å². The number of nitrogens with one attached hydrogen (secondary N) is 1. The Morgan fingerprint density at radius 1 is 1.00 bits per heavy atom. The molecule has 0 radical (unpaired) electrons. The zero-order valence-electron chi connectivity index (χ0n) is 16.2. The number of ether oxygens (including phenoxy) is 1. The third-order valence-electron chi connectivity index (χ3n) is 4.84. The third-order valence-corrected chi connectivity index (χ3v) is 5.56. The minimum Gasteiger partial charge on any atom is -0.496 e. The van der Waals surface area contributed by atoms with Crippen LogP contribution >= 0.6 is 22.6 Å². The molecular formula is C24H22IN3O. The molecule has 0 aliphatic carbocycles. The van der Waals surface area contributed by atoms with Crippen LogP contribution in [0.4, 0.5) is 0 Å². The summed E-state index contributed by atoms with van der Waals surface area (Å²) >= 11 is 2.33. The number of nitrogens with zero attached hydrogens (tertiary/aromatic N) is 2. The summed E-state index contributed by atoms with van der Waals surface area (Å²) in [5, 5.41) is 5.64. The second-order valence-corrected chi connectivity index (χ2v) is 8.01. The first kappa shape index (κ1) is 19.5. The molecule has 0 fully saturated rings. The molecule has 1 heterocycles. The molecule has 0 aliphatic heterocycles. The zero-order chi connectivity index (χ0) is 20.1. The lowest BCUT2D eigenvalue weighted by Crippen LogP contribution is -2.06. The largest absolute Gasteiger partial charge is 0.496 e. The molecule has 0 bridgehead atoms. The lowest BCUT2D eigenvalue weighted by molar-refractivity contribution is 0.408. The van der Waals surface area contributed by atoms with E-state index in [-0.39, 0.29) is 0 Å². The predicted molar refractivity (Wildman–Crippen MR) is 128 cm³/mol. The Hall–Kier alpha value is -2.80. The van der Waals surface area contributed by atoms with Crippen LogP contribution in [0.3, 0.4) is 0 Å². The van der Waals surface area contributed by atoms with Crippen LogP contribution in [0, 0.1) is 3.57 Å². The maximum atomic E-state index is 5.39. The van der Waals surface area contributed by atoms with Gasteiger partial charge in [0.2, 0.25) is 0 Å². The summed E-state index contributed by atoms with van der Waals surface area (Å²) in [6.45, 7) is 1.45. The summed E-state index contributed by atoms with van der Waals surface area (Å²) in [5.41, 5.74) is 7.79. The van der Waals surface area contributed by atoms with Gasteiger partial charge in [0.1, 0.15) is 5.75 Å². The topological polar surface area (TPSA) is 38.5 Å². The molecule has 146 valence electrons. The van der Waals surface area contributed by atoms with Crippen LogP contribution in [0.2, 0.25) is 0 Å². The quantitative estimate of drug-likeness (QED) is 0.211. The Bertz CT molecular complexity index is 1130. The van der Waals surface area contributed by atoms with Crippen molar-refractivity contribution in [3.05, 3.63) is 99.3 Å². The van der Waals surface area contributed by atoms with E-state index in [4.69, 9.17) is 4.74 Å². The van der Waals surface area contributed by atoms with Crippen LogP contribution in [0.15, 0.2) is 84.1 Å². The molecule has 4 aromatic rings. The van der Waals surface area contributed by atoms with E-state index in [0.717, 1.165) is 23.4 Å². The SMILES string of the molecule is COc1ccccc1CN/N=C\c1cn(Cc2ccc(I)cc2)c2ccccc12. The fourth-order valence-electron chi connectivity index (χ4n) is 3.39. The first-order valence-electron chi connectivity index (χ1n) is 9.45. The smallest absolute Gasteiger partial charge is 0.123 e. The molecule has 1 aromatic heterocycles. The Kier molecular flexibility index (Phi) is 6.14. The normalized spacial score (nSPS) is 11.2. The van der Waals surface area contributed by atoms with Crippen LogP contribution in [0.1, 0.15) is 16.7 Å².